The molecule has 0 aromatic rings. The van der Waals surface area contributed by atoms with Crippen LogP contribution in [0.5, 0.6) is 0 Å². The largest absolute Gasteiger partial charge is 0.316 e. The molecule has 0 aromatic heterocycles. The molecule has 1 rings (SSSR count). The molecule has 1 aliphatic rings. The smallest absolute Gasteiger partial charge is 0.0163 e. The summed E-state index contributed by atoms with van der Waals surface area (Å²) in [4.78, 5) is 2.59. The zero-order chi connectivity index (χ0) is 9.84. The van der Waals surface area contributed by atoms with Gasteiger partial charge < -0.3 is 10.2 Å². The van der Waals surface area contributed by atoms with Gasteiger partial charge in [-0.25, -0.2) is 0 Å². The standard InChI is InChI=1S/C11H24N2/c1-9-5-6-13(7-10(9)2)8-11(3)12-4/h9-12H,5-8H2,1-4H3/t9?,10?,11-/m0/s1. The van der Waals surface area contributed by atoms with Crippen LogP contribution >= 0.6 is 0 Å². The molecule has 1 fully saturated rings. The van der Waals surface area contributed by atoms with E-state index >= 15 is 0 Å². The summed E-state index contributed by atoms with van der Waals surface area (Å²) in [6.45, 7) is 10.8. The van der Waals surface area contributed by atoms with Crippen LogP contribution in [0.2, 0.25) is 0 Å². The first-order chi connectivity index (χ1) is 6.13. The average molecular weight is 184 g/mol. The average Bonchev–Trinajstić information content (AvgIpc) is 2.11. The molecule has 13 heavy (non-hydrogen) atoms. The van der Waals surface area contributed by atoms with Gasteiger partial charge in [-0.1, -0.05) is 13.8 Å². The number of likely N-dealkylation sites (tertiary alicyclic amines) is 1. The van der Waals surface area contributed by atoms with Crippen molar-refractivity contribution in [2.75, 3.05) is 26.7 Å². The van der Waals surface area contributed by atoms with Crippen LogP contribution in [0.1, 0.15) is 27.2 Å². The van der Waals surface area contributed by atoms with E-state index < -0.39 is 0 Å². The third kappa shape index (κ3) is 3.28. The van der Waals surface area contributed by atoms with E-state index in [1.165, 1.54) is 26.1 Å². The summed E-state index contributed by atoms with van der Waals surface area (Å²) >= 11 is 0. The normalized spacial score (nSPS) is 33.2. The van der Waals surface area contributed by atoms with Crippen molar-refractivity contribution in [3.05, 3.63) is 0 Å². The SMILES string of the molecule is CN[C@@H](C)CN1CCC(C)C(C)C1. The Labute approximate surface area is 82.7 Å². The molecule has 1 aliphatic heterocycles. The minimum Gasteiger partial charge on any atom is -0.316 e. The lowest BCUT2D eigenvalue weighted by atomic mass is 9.88. The van der Waals surface area contributed by atoms with Crippen molar-refractivity contribution in [1.29, 1.82) is 0 Å². The van der Waals surface area contributed by atoms with E-state index in [4.69, 9.17) is 0 Å². The predicted octanol–water partition coefficient (Wildman–Crippen LogP) is 1.57. The summed E-state index contributed by atoms with van der Waals surface area (Å²) in [5.74, 6) is 1.79. The molecule has 2 heteroatoms. The summed E-state index contributed by atoms with van der Waals surface area (Å²) in [7, 11) is 2.04. The van der Waals surface area contributed by atoms with Gasteiger partial charge in [-0.15, -0.1) is 0 Å². The van der Waals surface area contributed by atoms with Crippen molar-refractivity contribution in [3.63, 3.8) is 0 Å². The quantitative estimate of drug-likeness (QED) is 0.716. The fourth-order valence-corrected chi connectivity index (χ4v) is 1.99. The number of nitrogens with one attached hydrogen (secondary N) is 1. The van der Waals surface area contributed by atoms with Crippen molar-refractivity contribution in [1.82, 2.24) is 10.2 Å². The second-order valence-corrected chi connectivity index (χ2v) is 4.69. The molecule has 0 saturated carbocycles. The van der Waals surface area contributed by atoms with E-state index in [-0.39, 0.29) is 0 Å². The molecule has 0 bridgehead atoms. The molecule has 1 heterocycles. The molecular formula is C11H24N2. The Morgan fingerprint density at radius 3 is 2.62 bits per heavy atom. The van der Waals surface area contributed by atoms with Crippen LogP contribution < -0.4 is 5.32 Å². The van der Waals surface area contributed by atoms with Gasteiger partial charge in [0.25, 0.3) is 0 Å². The molecule has 1 saturated heterocycles. The van der Waals surface area contributed by atoms with Gasteiger partial charge in [0.05, 0.1) is 0 Å². The Balaban J connectivity index is 2.29. The second kappa shape index (κ2) is 4.97. The van der Waals surface area contributed by atoms with Gasteiger partial charge in [0.15, 0.2) is 0 Å². The van der Waals surface area contributed by atoms with Crippen LogP contribution in [0.4, 0.5) is 0 Å². The maximum Gasteiger partial charge on any atom is 0.0163 e. The van der Waals surface area contributed by atoms with Crippen molar-refractivity contribution in [3.8, 4) is 0 Å². The molecule has 1 N–H and O–H groups in total. The molecule has 0 spiro atoms. The monoisotopic (exact) mass is 184 g/mol. The first-order valence-electron chi connectivity index (χ1n) is 5.53. The first-order valence-corrected chi connectivity index (χ1v) is 5.53. The zero-order valence-electron chi connectivity index (χ0n) is 9.51. The summed E-state index contributed by atoms with van der Waals surface area (Å²) in [6, 6.07) is 0.626. The minimum absolute atomic E-state index is 0.626. The van der Waals surface area contributed by atoms with Crippen LogP contribution in [0, 0.1) is 11.8 Å². The fourth-order valence-electron chi connectivity index (χ4n) is 1.99. The van der Waals surface area contributed by atoms with Crippen LogP contribution in [-0.2, 0) is 0 Å². The van der Waals surface area contributed by atoms with Crippen molar-refractivity contribution < 1.29 is 0 Å². The molecular weight excluding hydrogens is 160 g/mol. The van der Waals surface area contributed by atoms with Crippen LogP contribution in [0.15, 0.2) is 0 Å². The number of piperidine rings is 1. The molecule has 3 atom stereocenters. The first kappa shape index (κ1) is 11.0. The van der Waals surface area contributed by atoms with Crippen LogP contribution in [0.3, 0.4) is 0 Å². The number of rotatable bonds is 3. The summed E-state index contributed by atoms with van der Waals surface area (Å²) in [5.41, 5.74) is 0. The summed E-state index contributed by atoms with van der Waals surface area (Å²) in [6.07, 6.45) is 1.37. The van der Waals surface area contributed by atoms with Gasteiger partial charge in [0.1, 0.15) is 0 Å². The number of likely N-dealkylation sites (N-methyl/N-ethyl adjacent to an activating group) is 1. The Kier molecular flexibility index (Phi) is 4.20. The van der Waals surface area contributed by atoms with E-state index in [9.17, 15) is 0 Å². The lowest BCUT2D eigenvalue weighted by Gasteiger charge is -2.36. The van der Waals surface area contributed by atoms with Gasteiger partial charge in [-0.3, -0.25) is 0 Å². The lowest BCUT2D eigenvalue weighted by Crippen LogP contribution is -2.44. The van der Waals surface area contributed by atoms with E-state index in [1.807, 2.05) is 7.05 Å². The predicted molar refractivity (Wildman–Crippen MR) is 57.9 cm³/mol. The van der Waals surface area contributed by atoms with Crippen molar-refractivity contribution in [2.24, 2.45) is 11.8 Å². The van der Waals surface area contributed by atoms with Gasteiger partial charge in [0, 0.05) is 19.1 Å². The molecule has 0 aromatic carbocycles. The Morgan fingerprint density at radius 2 is 2.08 bits per heavy atom. The van der Waals surface area contributed by atoms with Crippen molar-refractivity contribution >= 4 is 0 Å². The fraction of sp³-hybridized carbons (Fsp3) is 1.00. The van der Waals surface area contributed by atoms with E-state index in [0.29, 0.717) is 6.04 Å². The maximum atomic E-state index is 3.30. The van der Waals surface area contributed by atoms with E-state index in [2.05, 4.69) is 31.0 Å². The highest BCUT2D eigenvalue weighted by Gasteiger charge is 2.22. The number of nitrogens with zero attached hydrogens (tertiary/aromatic N) is 1. The highest BCUT2D eigenvalue weighted by Crippen LogP contribution is 2.22. The van der Waals surface area contributed by atoms with E-state index in [1.54, 1.807) is 0 Å². The topological polar surface area (TPSA) is 15.3 Å². The third-order valence-electron chi connectivity index (χ3n) is 3.44. The Hall–Kier alpha value is -0.0800. The molecule has 2 nitrogen and oxygen atoms in total. The van der Waals surface area contributed by atoms with Gasteiger partial charge in [-0.05, 0) is 38.8 Å². The minimum atomic E-state index is 0.626. The van der Waals surface area contributed by atoms with Gasteiger partial charge in [-0.2, -0.15) is 0 Å². The molecule has 0 amide bonds. The molecule has 2 unspecified atom stereocenters. The Bertz CT molecular complexity index is 145. The summed E-state index contributed by atoms with van der Waals surface area (Å²) < 4.78 is 0. The van der Waals surface area contributed by atoms with Crippen molar-refractivity contribution in [2.45, 2.75) is 33.2 Å². The second-order valence-electron chi connectivity index (χ2n) is 4.69. The van der Waals surface area contributed by atoms with Gasteiger partial charge >= 0.3 is 0 Å². The molecule has 0 aliphatic carbocycles. The Morgan fingerprint density at radius 1 is 1.38 bits per heavy atom. The lowest BCUT2D eigenvalue weighted by molar-refractivity contribution is 0.130. The molecule has 0 radical (unpaired) electrons. The zero-order valence-corrected chi connectivity index (χ0v) is 9.51. The summed E-state index contributed by atoms with van der Waals surface area (Å²) in [5, 5.41) is 3.30. The molecule has 78 valence electrons. The highest BCUT2D eigenvalue weighted by molar-refractivity contribution is 4.77. The maximum absolute atomic E-state index is 3.30. The van der Waals surface area contributed by atoms with Crippen LogP contribution in [-0.4, -0.2) is 37.6 Å². The highest BCUT2D eigenvalue weighted by atomic mass is 15.2. The van der Waals surface area contributed by atoms with E-state index in [0.717, 1.165) is 11.8 Å². The van der Waals surface area contributed by atoms with Crippen LogP contribution in [0.25, 0.3) is 0 Å². The number of hydrogen-bond acceptors (Lipinski definition) is 2. The third-order valence-corrected chi connectivity index (χ3v) is 3.44. The number of hydrogen-bond donors (Lipinski definition) is 1. The van der Waals surface area contributed by atoms with Gasteiger partial charge in [0.2, 0.25) is 0 Å².